The van der Waals surface area contributed by atoms with Crippen LogP contribution in [0.5, 0.6) is 0 Å². The number of fused-ring (bicyclic) bond motifs is 2. The van der Waals surface area contributed by atoms with Crippen LogP contribution in [0.4, 0.5) is 4.79 Å². The van der Waals surface area contributed by atoms with E-state index in [1.807, 2.05) is 4.90 Å². The fourth-order valence-corrected chi connectivity index (χ4v) is 3.32. The highest BCUT2D eigenvalue weighted by molar-refractivity contribution is 5.74. The molecule has 2 rings (SSSR count). The van der Waals surface area contributed by atoms with Gasteiger partial charge in [0.15, 0.2) is 0 Å². The van der Waals surface area contributed by atoms with E-state index in [1.54, 1.807) is 0 Å². The van der Waals surface area contributed by atoms with Crippen molar-refractivity contribution in [1.82, 2.24) is 15.5 Å². The monoisotopic (exact) mass is 253 g/mol. The number of nitrogens with zero attached hydrogens (tertiary/aromatic N) is 1. The molecule has 2 aliphatic heterocycles. The molecular weight excluding hydrogens is 226 g/mol. The fraction of sp³-hybridized carbons (Fsp3) is 0.929. The molecule has 2 atom stereocenters. The Labute approximate surface area is 110 Å². The first-order valence-electron chi connectivity index (χ1n) is 7.55. The van der Waals surface area contributed by atoms with Crippen molar-refractivity contribution in [2.75, 3.05) is 13.1 Å². The van der Waals surface area contributed by atoms with Gasteiger partial charge in [-0.15, -0.1) is 0 Å². The molecule has 2 unspecified atom stereocenters. The Morgan fingerprint density at radius 1 is 1.28 bits per heavy atom. The number of hydrogen-bond acceptors (Lipinski definition) is 2. The minimum atomic E-state index is 0.136. The third-order valence-electron chi connectivity index (χ3n) is 4.30. The summed E-state index contributed by atoms with van der Waals surface area (Å²) in [7, 11) is 0. The van der Waals surface area contributed by atoms with E-state index in [0.717, 1.165) is 38.8 Å². The molecule has 0 spiro atoms. The van der Waals surface area contributed by atoms with Crippen molar-refractivity contribution < 1.29 is 4.79 Å². The lowest BCUT2D eigenvalue weighted by molar-refractivity contribution is 0.151. The summed E-state index contributed by atoms with van der Waals surface area (Å²) < 4.78 is 0. The van der Waals surface area contributed by atoms with Gasteiger partial charge >= 0.3 is 6.03 Å². The summed E-state index contributed by atoms with van der Waals surface area (Å²) in [4.78, 5) is 14.2. The maximum absolute atomic E-state index is 12.2. The molecule has 2 heterocycles. The van der Waals surface area contributed by atoms with Crippen molar-refractivity contribution in [2.45, 2.75) is 70.5 Å². The number of carbonyl (C=O) groups excluding carboxylic acids is 1. The molecule has 0 aromatic carbocycles. The van der Waals surface area contributed by atoms with Gasteiger partial charge in [0.25, 0.3) is 0 Å². The summed E-state index contributed by atoms with van der Waals surface area (Å²) in [6.07, 6.45) is 7.04. The number of nitrogens with one attached hydrogen (secondary N) is 2. The molecule has 0 saturated carbocycles. The van der Waals surface area contributed by atoms with Crippen molar-refractivity contribution in [3.8, 4) is 0 Å². The van der Waals surface area contributed by atoms with Crippen LogP contribution >= 0.6 is 0 Å². The van der Waals surface area contributed by atoms with E-state index < -0.39 is 0 Å². The van der Waals surface area contributed by atoms with Crippen LogP contribution in [-0.4, -0.2) is 42.1 Å². The maximum atomic E-state index is 12.2. The number of rotatable bonds is 5. The molecule has 4 nitrogen and oxygen atoms in total. The minimum absolute atomic E-state index is 0.136. The zero-order chi connectivity index (χ0) is 13.0. The second-order valence-corrected chi connectivity index (χ2v) is 5.63. The number of piperidine rings is 1. The molecule has 2 aliphatic rings. The summed E-state index contributed by atoms with van der Waals surface area (Å²) in [5.41, 5.74) is 0. The summed E-state index contributed by atoms with van der Waals surface area (Å²) in [6, 6.07) is 1.87. The lowest BCUT2D eigenvalue weighted by Crippen LogP contribution is -2.52. The normalized spacial score (nSPS) is 30.2. The SMILES string of the molecule is CCCCNC(=O)N(CC)C1CC2CCC(C1)N2. The predicted octanol–water partition coefficient (Wildman–Crippen LogP) is 2.10. The van der Waals surface area contributed by atoms with Gasteiger partial charge in [0.2, 0.25) is 0 Å². The third kappa shape index (κ3) is 3.16. The second-order valence-electron chi connectivity index (χ2n) is 5.63. The number of unbranched alkanes of at least 4 members (excludes halogenated alkanes) is 1. The number of carbonyl (C=O) groups is 1. The Morgan fingerprint density at radius 2 is 1.94 bits per heavy atom. The van der Waals surface area contributed by atoms with Crippen LogP contribution in [0.25, 0.3) is 0 Å². The summed E-state index contributed by atoms with van der Waals surface area (Å²) in [5, 5.41) is 6.68. The molecule has 2 fully saturated rings. The topological polar surface area (TPSA) is 44.4 Å². The number of hydrogen-bond donors (Lipinski definition) is 2. The highest BCUT2D eigenvalue weighted by atomic mass is 16.2. The van der Waals surface area contributed by atoms with E-state index in [1.165, 1.54) is 12.8 Å². The largest absolute Gasteiger partial charge is 0.338 e. The predicted molar refractivity (Wildman–Crippen MR) is 73.7 cm³/mol. The molecule has 4 heteroatoms. The van der Waals surface area contributed by atoms with E-state index in [9.17, 15) is 4.79 Å². The highest BCUT2D eigenvalue weighted by Gasteiger charge is 2.36. The van der Waals surface area contributed by atoms with E-state index in [-0.39, 0.29) is 6.03 Å². The van der Waals surface area contributed by atoms with Crippen LogP contribution in [0.2, 0.25) is 0 Å². The van der Waals surface area contributed by atoms with E-state index in [0.29, 0.717) is 18.1 Å². The summed E-state index contributed by atoms with van der Waals surface area (Å²) >= 11 is 0. The average Bonchev–Trinajstić information content (AvgIpc) is 2.70. The van der Waals surface area contributed by atoms with Crippen LogP contribution < -0.4 is 10.6 Å². The number of amides is 2. The lowest BCUT2D eigenvalue weighted by atomic mass is 9.98. The molecule has 0 aliphatic carbocycles. The van der Waals surface area contributed by atoms with Crippen LogP contribution in [-0.2, 0) is 0 Å². The molecular formula is C14H27N3O. The summed E-state index contributed by atoms with van der Waals surface area (Å²) in [6.45, 7) is 5.86. The van der Waals surface area contributed by atoms with Gasteiger partial charge < -0.3 is 15.5 Å². The minimum Gasteiger partial charge on any atom is -0.338 e. The molecule has 0 aromatic heterocycles. The van der Waals surface area contributed by atoms with Crippen LogP contribution in [0, 0.1) is 0 Å². The Hall–Kier alpha value is -0.770. The van der Waals surface area contributed by atoms with Crippen LogP contribution in [0.3, 0.4) is 0 Å². The van der Waals surface area contributed by atoms with Gasteiger partial charge in [-0.25, -0.2) is 4.79 Å². The third-order valence-corrected chi connectivity index (χ3v) is 4.30. The molecule has 0 aromatic rings. The van der Waals surface area contributed by atoms with Gasteiger partial charge in [-0.05, 0) is 39.0 Å². The molecule has 2 bridgehead atoms. The molecule has 18 heavy (non-hydrogen) atoms. The Balaban J connectivity index is 1.85. The van der Waals surface area contributed by atoms with Crippen molar-refractivity contribution in [3.05, 3.63) is 0 Å². The van der Waals surface area contributed by atoms with Gasteiger partial charge in [0, 0.05) is 31.2 Å². The van der Waals surface area contributed by atoms with Crippen molar-refractivity contribution in [1.29, 1.82) is 0 Å². The molecule has 2 N–H and O–H groups in total. The number of urea groups is 1. The van der Waals surface area contributed by atoms with Gasteiger partial charge in [0.05, 0.1) is 0 Å². The summed E-state index contributed by atoms with van der Waals surface area (Å²) in [5.74, 6) is 0. The van der Waals surface area contributed by atoms with Crippen LogP contribution in [0.15, 0.2) is 0 Å². The Kier molecular flexibility index (Phi) is 4.87. The molecule has 2 saturated heterocycles. The molecule has 104 valence electrons. The van der Waals surface area contributed by atoms with Crippen molar-refractivity contribution in [3.63, 3.8) is 0 Å². The quantitative estimate of drug-likeness (QED) is 0.737. The van der Waals surface area contributed by atoms with Gasteiger partial charge in [-0.2, -0.15) is 0 Å². The molecule has 2 amide bonds. The Morgan fingerprint density at radius 3 is 2.50 bits per heavy atom. The van der Waals surface area contributed by atoms with Crippen molar-refractivity contribution in [2.24, 2.45) is 0 Å². The van der Waals surface area contributed by atoms with Gasteiger partial charge in [-0.3, -0.25) is 0 Å². The zero-order valence-corrected chi connectivity index (χ0v) is 11.7. The van der Waals surface area contributed by atoms with E-state index >= 15 is 0 Å². The zero-order valence-electron chi connectivity index (χ0n) is 11.7. The smallest absolute Gasteiger partial charge is 0.317 e. The fourth-order valence-electron chi connectivity index (χ4n) is 3.32. The standard InChI is InChI=1S/C14H27N3O/c1-3-5-8-15-14(18)17(4-2)13-9-11-6-7-12(10-13)16-11/h11-13,16H,3-10H2,1-2H3,(H,15,18). The average molecular weight is 253 g/mol. The van der Waals surface area contributed by atoms with E-state index in [4.69, 9.17) is 0 Å². The Bertz CT molecular complexity index is 270. The first-order valence-corrected chi connectivity index (χ1v) is 7.55. The first kappa shape index (κ1) is 13.7. The van der Waals surface area contributed by atoms with Crippen molar-refractivity contribution >= 4 is 6.03 Å². The first-order chi connectivity index (χ1) is 8.74. The maximum Gasteiger partial charge on any atom is 0.317 e. The van der Waals surface area contributed by atoms with Gasteiger partial charge in [-0.1, -0.05) is 13.3 Å². The highest BCUT2D eigenvalue weighted by Crippen LogP contribution is 2.29. The van der Waals surface area contributed by atoms with Gasteiger partial charge in [0.1, 0.15) is 0 Å². The van der Waals surface area contributed by atoms with E-state index in [2.05, 4.69) is 24.5 Å². The lowest BCUT2D eigenvalue weighted by Gasteiger charge is -2.37. The van der Waals surface area contributed by atoms with Crippen LogP contribution in [0.1, 0.15) is 52.4 Å². The second kappa shape index (κ2) is 6.41. The molecule has 0 radical (unpaired) electrons.